The van der Waals surface area contributed by atoms with E-state index in [9.17, 15) is 14.0 Å². The van der Waals surface area contributed by atoms with Gasteiger partial charge in [-0.1, -0.05) is 18.0 Å². The molecule has 1 N–H and O–H groups in total. The zero-order valence-electron chi connectivity index (χ0n) is 12.6. The van der Waals surface area contributed by atoms with Gasteiger partial charge in [-0.25, -0.2) is 4.39 Å². The zero-order chi connectivity index (χ0) is 16.4. The van der Waals surface area contributed by atoms with Crippen molar-refractivity contribution in [2.45, 2.75) is 37.8 Å². The van der Waals surface area contributed by atoms with Crippen LogP contribution >= 0.6 is 11.6 Å². The van der Waals surface area contributed by atoms with Crippen LogP contribution < -0.4 is 5.32 Å². The summed E-state index contributed by atoms with van der Waals surface area (Å²) < 4.78 is 18.3. The molecule has 23 heavy (non-hydrogen) atoms. The van der Waals surface area contributed by atoms with Crippen LogP contribution in [0.4, 0.5) is 10.1 Å². The molecule has 2 atom stereocenters. The number of amides is 1. The maximum absolute atomic E-state index is 13.1. The van der Waals surface area contributed by atoms with E-state index in [1.165, 1.54) is 18.2 Å². The Labute approximate surface area is 138 Å². The Morgan fingerprint density at radius 3 is 3.04 bits per heavy atom. The molecule has 2 saturated heterocycles. The Morgan fingerprint density at radius 1 is 1.43 bits per heavy atom. The van der Waals surface area contributed by atoms with Crippen LogP contribution in [0.1, 0.15) is 25.7 Å². The van der Waals surface area contributed by atoms with Gasteiger partial charge in [-0.2, -0.15) is 0 Å². The molecule has 2 fully saturated rings. The van der Waals surface area contributed by atoms with Crippen molar-refractivity contribution in [1.29, 1.82) is 0 Å². The number of rotatable bonds is 3. The number of hydrogen-bond donors (Lipinski definition) is 1. The lowest BCUT2D eigenvalue weighted by Crippen LogP contribution is -2.57. The van der Waals surface area contributed by atoms with E-state index >= 15 is 0 Å². The first-order valence-electron chi connectivity index (χ1n) is 7.72. The number of piperidine rings is 1. The minimum atomic E-state index is -0.551. The average molecular weight is 341 g/mol. The molecule has 124 valence electrons. The number of hydrogen-bond acceptors (Lipinski definition) is 4. The number of fused-ring (bicyclic) bond motifs is 1. The van der Waals surface area contributed by atoms with Crippen LogP contribution in [-0.4, -0.2) is 42.0 Å². The molecule has 1 aromatic carbocycles. The molecule has 0 unspecified atom stereocenters. The molecule has 0 radical (unpaired) electrons. The normalized spacial score (nSPS) is 24.7. The average Bonchev–Trinajstić information content (AvgIpc) is 2.54. The topological polar surface area (TPSA) is 58.6 Å². The summed E-state index contributed by atoms with van der Waals surface area (Å²) in [6.45, 7) is 1.21. The highest BCUT2D eigenvalue weighted by atomic mass is 35.5. The van der Waals surface area contributed by atoms with Crippen LogP contribution in [0.25, 0.3) is 0 Å². The molecule has 1 amide bonds. The number of ether oxygens (including phenoxy) is 1. The first kappa shape index (κ1) is 16.2. The fourth-order valence-electron chi connectivity index (χ4n) is 3.18. The number of anilines is 1. The summed E-state index contributed by atoms with van der Waals surface area (Å²) >= 11 is 5.69. The SMILES string of the molecule is O=C(C[C@@H]1C(=O)OC[C@@H]2CCCCN21)Nc1ccc(F)c(Cl)c1. The molecule has 1 aromatic rings. The van der Waals surface area contributed by atoms with Crippen molar-refractivity contribution in [2.24, 2.45) is 0 Å². The molecule has 0 bridgehead atoms. The summed E-state index contributed by atoms with van der Waals surface area (Å²) in [6, 6.07) is 3.62. The second-order valence-electron chi connectivity index (χ2n) is 5.91. The minimum absolute atomic E-state index is 0.0182. The number of nitrogens with zero attached hydrogens (tertiary/aromatic N) is 1. The monoisotopic (exact) mass is 340 g/mol. The van der Waals surface area contributed by atoms with Gasteiger partial charge < -0.3 is 10.1 Å². The summed E-state index contributed by atoms with van der Waals surface area (Å²) in [5, 5.41) is 2.59. The standard InChI is InChI=1S/C16H18ClFN2O3/c17-12-7-10(4-5-13(12)18)19-15(21)8-14-16(22)23-9-11-3-1-2-6-20(11)14/h4-5,7,11,14H,1-3,6,8-9H2,(H,19,21)/t11-,14+/m0/s1. The van der Waals surface area contributed by atoms with Crippen molar-refractivity contribution in [1.82, 2.24) is 4.90 Å². The molecule has 3 rings (SSSR count). The number of benzene rings is 1. The van der Waals surface area contributed by atoms with E-state index in [0.29, 0.717) is 12.3 Å². The van der Waals surface area contributed by atoms with Gasteiger partial charge in [-0.3, -0.25) is 14.5 Å². The summed E-state index contributed by atoms with van der Waals surface area (Å²) in [5.41, 5.74) is 0.403. The molecule has 0 spiro atoms. The summed E-state index contributed by atoms with van der Waals surface area (Å²) in [6.07, 6.45) is 3.14. The number of cyclic esters (lactones) is 1. The molecule has 0 aromatic heterocycles. The van der Waals surface area contributed by atoms with Gasteiger partial charge in [-0.15, -0.1) is 0 Å². The largest absolute Gasteiger partial charge is 0.463 e. The van der Waals surface area contributed by atoms with Gasteiger partial charge in [0.25, 0.3) is 0 Å². The Balaban J connectivity index is 1.65. The highest BCUT2D eigenvalue weighted by Gasteiger charge is 2.40. The summed E-state index contributed by atoms with van der Waals surface area (Å²) in [7, 11) is 0. The molecular formula is C16H18ClFN2O3. The fraction of sp³-hybridized carbons (Fsp3) is 0.500. The third-order valence-corrected chi connectivity index (χ3v) is 4.63. The lowest BCUT2D eigenvalue weighted by atomic mass is 9.97. The number of esters is 1. The maximum Gasteiger partial charge on any atom is 0.323 e. The second-order valence-corrected chi connectivity index (χ2v) is 6.32. The van der Waals surface area contributed by atoms with Gasteiger partial charge in [-0.05, 0) is 37.6 Å². The molecule has 7 heteroatoms. The summed E-state index contributed by atoms with van der Waals surface area (Å²) in [5.74, 6) is -1.21. The Hall–Kier alpha value is -1.66. The fourth-order valence-corrected chi connectivity index (χ4v) is 3.36. The first-order chi connectivity index (χ1) is 11.0. The van der Waals surface area contributed by atoms with E-state index in [1.54, 1.807) is 0 Å². The lowest BCUT2D eigenvalue weighted by molar-refractivity contribution is -0.165. The quantitative estimate of drug-likeness (QED) is 0.859. The van der Waals surface area contributed by atoms with Crippen molar-refractivity contribution < 1.29 is 18.7 Å². The highest BCUT2D eigenvalue weighted by molar-refractivity contribution is 6.31. The van der Waals surface area contributed by atoms with Crippen LogP contribution in [0, 0.1) is 5.82 Å². The van der Waals surface area contributed by atoms with Crippen molar-refractivity contribution in [2.75, 3.05) is 18.5 Å². The van der Waals surface area contributed by atoms with E-state index in [0.717, 1.165) is 25.8 Å². The number of nitrogens with one attached hydrogen (secondary N) is 1. The number of halogens is 2. The van der Waals surface area contributed by atoms with E-state index in [1.807, 2.05) is 0 Å². The lowest BCUT2D eigenvalue weighted by Gasteiger charge is -2.43. The number of carbonyl (C=O) groups excluding carboxylic acids is 2. The van der Waals surface area contributed by atoms with E-state index in [-0.39, 0.29) is 29.4 Å². The smallest absolute Gasteiger partial charge is 0.323 e. The molecule has 0 aliphatic carbocycles. The molecular weight excluding hydrogens is 323 g/mol. The molecule has 2 heterocycles. The number of carbonyl (C=O) groups is 2. The Kier molecular flexibility index (Phi) is 4.82. The zero-order valence-corrected chi connectivity index (χ0v) is 13.3. The van der Waals surface area contributed by atoms with Crippen LogP contribution in [0.15, 0.2) is 18.2 Å². The van der Waals surface area contributed by atoms with E-state index in [2.05, 4.69) is 10.2 Å². The molecule has 2 aliphatic heterocycles. The number of morpholine rings is 1. The van der Waals surface area contributed by atoms with Gasteiger partial charge in [0.05, 0.1) is 11.4 Å². The second kappa shape index (κ2) is 6.84. The highest BCUT2D eigenvalue weighted by Crippen LogP contribution is 2.26. The van der Waals surface area contributed by atoms with E-state index < -0.39 is 11.9 Å². The van der Waals surface area contributed by atoms with Gasteiger partial charge >= 0.3 is 5.97 Å². The minimum Gasteiger partial charge on any atom is -0.463 e. The third kappa shape index (κ3) is 3.64. The van der Waals surface area contributed by atoms with Crippen LogP contribution in [0.5, 0.6) is 0 Å². The molecule has 5 nitrogen and oxygen atoms in total. The Morgan fingerprint density at radius 2 is 2.26 bits per heavy atom. The van der Waals surface area contributed by atoms with Gasteiger partial charge in [0, 0.05) is 11.7 Å². The first-order valence-corrected chi connectivity index (χ1v) is 8.09. The van der Waals surface area contributed by atoms with Gasteiger partial charge in [0.2, 0.25) is 5.91 Å². The van der Waals surface area contributed by atoms with Crippen LogP contribution in [0.2, 0.25) is 5.02 Å². The molecule has 0 saturated carbocycles. The van der Waals surface area contributed by atoms with Crippen molar-refractivity contribution in [3.05, 3.63) is 29.0 Å². The van der Waals surface area contributed by atoms with Gasteiger partial charge in [0.1, 0.15) is 18.5 Å². The Bertz CT molecular complexity index is 625. The van der Waals surface area contributed by atoms with E-state index in [4.69, 9.17) is 16.3 Å². The van der Waals surface area contributed by atoms with Gasteiger partial charge in [0.15, 0.2) is 0 Å². The predicted octanol–water partition coefficient (Wildman–Crippen LogP) is 2.59. The summed E-state index contributed by atoms with van der Waals surface area (Å²) in [4.78, 5) is 26.3. The predicted molar refractivity (Wildman–Crippen MR) is 83.7 cm³/mol. The van der Waals surface area contributed by atoms with Crippen molar-refractivity contribution in [3.63, 3.8) is 0 Å². The van der Waals surface area contributed by atoms with Crippen LogP contribution in [0.3, 0.4) is 0 Å². The third-order valence-electron chi connectivity index (χ3n) is 4.35. The van der Waals surface area contributed by atoms with Crippen molar-refractivity contribution in [3.8, 4) is 0 Å². The van der Waals surface area contributed by atoms with Crippen LogP contribution in [-0.2, 0) is 14.3 Å². The van der Waals surface area contributed by atoms with Crippen molar-refractivity contribution >= 4 is 29.2 Å². The molecule has 2 aliphatic rings. The maximum atomic E-state index is 13.1.